The predicted molar refractivity (Wildman–Crippen MR) is 41.8 cm³/mol. The number of rotatable bonds is 0. The molecular weight excluding hydrogens is 124 g/mol. The Morgan fingerprint density at radius 2 is 1.80 bits per heavy atom. The van der Waals surface area contributed by atoms with Crippen LogP contribution in [0.15, 0.2) is 0 Å². The van der Waals surface area contributed by atoms with E-state index in [1.54, 1.807) is 0 Å². The highest BCUT2D eigenvalue weighted by molar-refractivity contribution is 4.90. The molecule has 0 amide bonds. The van der Waals surface area contributed by atoms with Gasteiger partial charge in [-0.2, -0.15) is 0 Å². The minimum atomic E-state index is 0.483. The standard InChI is InChI=1S/C8H16N2/c9-7-3-1-5-10-6-2-4-8(7)10/h7-8H,1-6,9H2/t7-,8-/m1/s1. The molecule has 0 bridgehead atoms. The van der Waals surface area contributed by atoms with Gasteiger partial charge in [-0.1, -0.05) is 0 Å². The fourth-order valence-corrected chi connectivity index (χ4v) is 2.34. The van der Waals surface area contributed by atoms with Gasteiger partial charge in [0.1, 0.15) is 0 Å². The molecule has 2 atom stereocenters. The SMILES string of the molecule is N[C@@H]1CCCN2CCC[C@H]12. The van der Waals surface area contributed by atoms with E-state index in [2.05, 4.69) is 4.90 Å². The minimum absolute atomic E-state index is 0.483. The summed E-state index contributed by atoms with van der Waals surface area (Å²) in [6.07, 6.45) is 5.29. The van der Waals surface area contributed by atoms with E-state index < -0.39 is 0 Å². The van der Waals surface area contributed by atoms with Gasteiger partial charge in [-0.05, 0) is 38.8 Å². The smallest absolute Gasteiger partial charge is 0.0247 e. The molecular formula is C8H16N2. The fourth-order valence-electron chi connectivity index (χ4n) is 2.34. The maximum Gasteiger partial charge on any atom is 0.0247 e. The Kier molecular flexibility index (Phi) is 1.66. The zero-order valence-corrected chi connectivity index (χ0v) is 6.42. The molecule has 10 heavy (non-hydrogen) atoms. The quantitative estimate of drug-likeness (QED) is 0.533. The summed E-state index contributed by atoms with van der Waals surface area (Å²) < 4.78 is 0. The Bertz CT molecular complexity index is 124. The van der Waals surface area contributed by atoms with Gasteiger partial charge in [0.25, 0.3) is 0 Å². The molecule has 2 nitrogen and oxygen atoms in total. The Morgan fingerprint density at radius 3 is 2.50 bits per heavy atom. The van der Waals surface area contributed by atoms with Gasteiger partial charge in [0.15, 0.2) is 0 Å². The van der Waals surface area contributed by atoms with Crippen LogP contribution in [-0.2, 0) is 0 Å². The molecule has 2 saturated heterocycles. The molecule has 0 aromatic heterocycles. The molecule has 0 radical (unpaired) electrons. The number of nitrogens with two attached hydrogens (primary N) is 1. The monoisotopic (exact) mass is 140 g/mol. The second kappa shape index (κ2) is 2.51. The summed E-state index contributed by atoms with van der Waals surface area (Å²) in [6.45, 7) is 2.61. The van der Waals surface area contributed by atoms with Crippen molar-refractivity contribution in [3.8, 4) is 0 Å². The van der Waals surface area contributed by atoms with Gasteiger partial charge in [-0.3, -0.25) is 4.90 Å². The summed E-state index contributed by atoms with van der Waals surface area (Å²) >= 11 is 0. The summed E-state index contributed by atoms with van der Waals surface area (Å²) in [7, 11) is 0. The molecule has 2 aliphatic rings. The number of hydrogen-bond donors (Lipinski definition) is 1. The highest BCUT2D eigenvalue weighted by Crippen LogP contribution is 2.25. The first-order valence-corrected chi connectivity index (χ1v) is 4.37. The first-order valence-electron chi connectivity index (χ1n) is 4.37. The van der Waals surface area contributed by atoms with E-state index in [-0.39, 0.29) is 0 Å². The maximum atomic E-state index is 5.98. The Balaban J connectivity index is 2.03. The molecule has 0 spiro atoms. The van der Waals surface area contributed by atoms with Crippen molar-refractivity contribution >= 4 is 0 Å². The van der Waals surface area contributed by atoms with Crippen molar-refractivity contribution < 1.29 is 0 Å². The van der Waals surface area contributed by atoms with Gasteiger partial charge in [0, 0.05) is 12.1 Å². The number of hydrogen-bond acceptors (Lipinski definition) is 2. The third-order valence-electron chi connectivity index (χ3n) is 2.89. The third kappa shape index (κ3) is 0.956. The van der Waals surface area contributed by atoms with Crippen LogP contribution in [0, 0.1) is 0 Å². The molecule has 0 aromatic carbocycles. The van der Waals surface area contributed by atoms with Crippen LogP contribution in [0.1, 0.15) is 25.7 Å². The topological polar surface area (TPSA) is 29.3 Å². The number of piperidine rings is 1. The van der Waals surface area contributed by atoms with E-state index in [9.17, 15) is 0 Å². The molecule has 2 heterocycles. The summed E-state index contributed by atoms with van der Waals surface area (Å²) in [4.78, 5) is 2.56. The van der Waals surface area contributed by atoms with Gasteiger partial charge in [-0.15, -0.1) is 0 Å². The molecule has 2 aliphatic heterocycles. The summed E-state index contributed by atoms with van der Waals surface area (Å²) in [6, 6.07) is 1.23. The fraction of sp³-hybridized carbons (Fsp3) is 1.00. The lowest BCUT2D eigenvalue weighted by atomic mass is 9.98. The highest BCUT2D eigenvalue weighted by atomic mass is 15.2. The molecule has 2 heteroatoms. The highest BCUT2D eigenvalue weighted by Gasteiger charge is 2.31. The molecule has 0 aliphatic carbocycles. The second-order valence-corrected chi connectivity index (χ2v) is 3.55. The van der Waals surface area contributed by atoms with Crippen LogP contribution in [0.3, 0.4) is 0 Å². The molecule has 0 unspecified atom stereocenters. The van der Waals surface area contributed by atoms with Gasteiger partial charge < -0.3 is 5.73 Å². The summed E-state index contributed by atoms with van der Waals surface area (Å²) in [5.74, 6) is 0. The predicted octanol–water partition coefficient (Wildman–Crippen LogP) is 0.572. The average molecular weight is 140 g/mol. The van der Waals surface area contributed by atoms with E-state index in [0.717, 1.165) is 6.04 Å². The molecule has 2 rings (SSSR count). The van der Waals surface area contributed by atoms with Crippen LogP contribution in [0.2, 0.25) is 0 Å². The third-order valence-corrected chi connectivity index (χ3v) is 2.89. The zero-order valence-electron chi connectivity index (χ0n) is 6.42. The first kappa shape index (κ1) is 6.62. The van der Waals surface area contributed by atoms with Crippen LogP contribution in [0.25, 0.3) is 0 Å². The van der Waals surface area contributed by atoms with Crippen molar-refractivity contribution in [2.45, 2.75) is 37.8 Å². The Hall–Kier alpha value is -0.0800. The summed E-state index contributed by atoms with van der Waals surface area (Å²) in [5, 5.41) is 0. The van der Waals surface area contributed by atoms with E-state index in [0.29, 0.717) is 6.04 Å². The Labute approximate surface area is 62.4 Å². The normalized spacial score (nSPS) is 41.7. The van der Waals surface area contributed by atoms with Crippen LogP contribution in [0.4, 0.5) is 0 Å². The molecule has 0 saturated carbocycles. The van der Waals surface area contributed by atoms with Crippen molar-refractivity contribution in [2.75, 3.05) is 13.1 Å². The van der Waals surface area contributed by atoms with Gasteiger partial charge in [0.05, 0.1) is 0 Å². The van der Waals surface area contributed by atoms with Crippen molar-refractivity contribution in [3.05, 3.63) is 0 Å². The van der Waals surface area contributed by atoms with Crippen molar-refractivity contribution in [1.82, 2.24) is 4.90 Å². The largest absolute Gasteiger partial charge is 0.326 e. The lowest BCUT2D eigenvalue weighted by Crippen LogP contribution is -2.48. The van der Waals surface area contributed by atoms with Crippen molar-refractivity contribution in [3.63, 3.8) is 0 Å². The van der Waals surface area contributed by atoms with Gasteiger partial charge in [0.2, 0.25) is 0 Å². The number of nitrogens with zero attached hydrogens (tertiary/aromatic N) is 1. The van der Waals surface area contributed by atoms with Crippen LogP contribution in [-0.4, -0.2) is 30.1 Å². The van der Waals surface area contributed by atoms with E-state index in [4.69, 9.17) is 5.73 Å². The van der Waals surface area contributed by atoms with Gasteiger partial charge >= 0.3 is 0 Å². The average Bonchev–Trinajstić information content (AvgIpc) is 2.36. The van der Waals surface area contributed by atoms with Crippen molar-refractivity contribution in [2.24, 2.45) is 5.73 Å². The first-order chi connectivity index (χ1) is 4.88. The molecule has 58 valence electrons. The Morgan fingerprint density at radius 1 is 1.10 bits per heavy atom. The lowest BCUT2D eigenvalue weighted by Gasteiger charge is -2.34. The minimum Gasteiger partial charge on any atom is -0.326 e. The molecule has 2 N–H and O–H groups in total. The summed E-state index contributed by atoms with van der Waals surface area (Å²) in [5.41, 5.74) is 5.98. The maximum absolute atomic E-state index is 5.98. The van der Waals surface area contributed by atoms with Crippen LogP contribution < -0.4 is 5.73 Å². The van der Waals surface area contributed by atoms with Gasteiger partial charge in [-0.25, -0.2) is 0 Å². The molecule has 2 fully saturated rings. The zero-order chi connectivity index (χ0) is 6.97. The second-order valence-electron chi connectivity index (χ2n) is 3.55. The van der Waals surface area contributed by atoms with E-state index >= 15 is 0 Å². The van der Waals surface area contributed by atoms with Crippen LogP contribution in [0.5, 0.6) is 0 Å². The molecule has 0 aromatic rings. The van der Waals surface area contributed by atoms with Crippen LogP contribution >= 0.6 is 0 Å². The van der Waals surface area contributed by atoms with Crippen molar-refractivity contribution in [1.29, 1.82) is 0 Å². The number of fused-ring (bicyclic) bond motifs is 1. The van der Waals surface area contributed by atoms with E-state index in [1.165, 1.54) is 38.8 Å². The van der Waals surface area contributed by atoms with E-state index in [1.807, 2.05) is 0 Å². The lowest BCUT2D eigenvalue weighted by molar-refractivity contribution is 0.174.